The van der Waals surface area contributed by atoms with Crippen molar-refractivity contribution in [3.8, 4) is 10.6 Å². The van der Waals surface area contributed by atoms with Crippen LogP contribution in [-0.4, -0.2) is 32.5 Å². The maximum Gasteiger partial charge on any atom is 0.225 e. The summed E-state index contributed by atoms with van der Waals surface area (Å²) in [7, 11) is 0. The lowest BCUT2D eigenvalue weighted by molar-refractivity contribution is 0.559. The Labute approximate surface area is 212 Å². The molecule has 0 amide bonds. The number of aromatic nitrogens is 4. The largest absolute Gasteiger partial charge is 0.369 e. The first-order valence-corrected chi connectivity index (χ1v) is 13.1. The molecule has 1 atom stereocenters. The lowest BCUT2D eigenvalue weighted by Crippen LogP contribution is -2.22. The van der Waals surface area contributed by atoms with Gasteiger partial charge in [0, 0.05) is 36.8 Å². The molecule has 0 spiro atoms. The zero-order chi connectivity index (χ0) is 25.2. The van der Waals surface area contributed by atoms with E-state index in [9.17, 15) is 8.78 Å². The van der Waals surface area contributed by atoms with Crippen molar-refractivity contribution in [1.29, 1.82) is 0 Å². The number of rotatable bonds is 10. The third-order valence-electron chi connectivity index (χ3n) is 6.42. The average molecular weight is 510 g/mol. The number of pyridine rings is 1. The van der Waals surface area contributed by atoms with Crippen LogP contribution in [0.15, 0.2) is 30.5 Å². The van der Waals surface area contributed by atoms with Gasteiger partial charge in [-0.3, -0.25) is 4.98 Å². The summed E-state index contributed by atoms with van der Waals surface area (Å²) in [5.74, 6) is 0.152. The zero-order valence-corrected chi connectivity index (χ0v) is 21.1. The van der Waals surface area contributed by atoms with Crippen LogP contribution in [0.3, 0.4) is 0 Å². The van der Waals surface area contributed by atoms with E-state index in [4.69, 9.17) is 10.7 Å². The molecule has 1 fully saturated rings. The molecule has 0 saturated heterocycles. The Morgan fingerprint density at radius 2 is 1.89 bits per heavy atom. The second-order valence-electron chi connectivity index (χ2n) is 9.13. The van der Waals surface area contributed by atoms with E-state index in [1.807, 2.05) is 19.2 Å². The summed E-state index contributed by atoms with van der Waals surface area (Å²) >= 11 is 1.59. The molecule has 1 aromatic carbocycles. The van der Waals surface area contributed by atoms with Crippen LogP contribution in [0.2, 0.25) is 0 Å². The second-order valence-corrected chi connectivity index (χ2v) is 10.2. The van der Waals surface area contributed by atoms with Gasteiger partial charge in [-0.05, 0) is 50.8 Å². The van der Waals surface area contributed by atoms with Gasteiger partial charge in [0.15, 0.2) is 0 Å². The van der Waals surface area contributed by atoms with E-state index in [1.54, 1.807) is 11.3 Å². The maximum absolute atomic E-state index is 14.1. The summed E-state index contributed by atoms with van der Waals surface area (Å²) in [5.41, 5.74) is 9.58. The van der Waals surface area contributed by atoms with Crippen LogP contribution < -0.4 is 16.4 Å². The van der Waals surface area contributed by atoms with Crippen molar-refractivity contribution in [2.45, 2.75) is 58.0 Å². The van der Waals surface area contributed by atoms with Crippen molar-refractivity contribution in [2.24, 2.45) is 5.73 Å². The number of anilines is 2. The molecule has 1 unspecified atom stereocenters. The summed E-state index contributed by atoms with van der Waals surface area (Å²) in [6, 6.07) is 5.88. The van der Waals surface area contributed by atoms with E-state index in [0.717, 1.165) is 52.2 Å². The molecule has 5 rings (SSSR count). The topological polar surface area (TPSA) is 102 Å². The van der Waals surface area contributed by atoms with Crippen molar-refractivity contribution in [1.82, 2.24) is 19.9 Å². The number of thiazole rings is 1. The van der Waals surface area contributed by atoms with Crippen LogP contribution >= 0.6 is 11.3 Å². The molecule has 0 bridgehead atoms. The molecule has 1 aliphatic carbocycles. The van der Waals surface area contributed by atoms with Gasteiger partial charge in [0.2, 0.25) is 5.95 Å². The monoisotopic (exact) mass is 509 g/mol. The second kappa shape index (κ2) is 10.4. The number of fused-ring (bicyclic) bond motifs is 1. The zero-order valence-electron chi connectivity index (χ0n) is 20.3. The van der Waals surface area contributed by atoms with Crippen LogP contribution in [0.1, 0.15) is 55.5 Å². The molecule has 36 heavy (non-hydrogen) atoms. The van der Waals surface area contributed by atoms with Crippen LogP contribution in [0.4, 0.5) is 20.5 Å². The number of aryl methyl sites for hydroxylation is 1. The molecule has 10 heteroatoms. The number of nitrogens with one attached hydrogen (secondary N) is 2. The van der Waals surface area contributed by atoms with E-state index in [2.05, 4.69) is 32.5 Å². The van der Waals surface area contributed by atoms with Crippen LogP contribution in [0.5, 0.6) is 0 Å². The van der Waals surface area contributed by atoms with Crippen LogP contribution in [0.25, 0.3) is 20.8 Å². The number of nitrogens with zero attached hydrogens (tertiary/aromatic N) is 4. The Balaban J connectivity index is 1.49. The van der Waals surface area contributed by atoms with Crippen molar-refractivity contribution < 1.29 is 8.78 Å². The Morgan fingerprint density at radius 1 is 1.11 bits per heavy atom. The predicted molar refractivity (Wildman–Crippen MR) is 140 cm³/mol. The molecular weight excluding hydrogens is 480 g/mol. The standard InChI is InChI=1S/C26H29F2N7S/c1-3-16(29)9-11-31-24-21(25-34-23-20(36-25)10-12-30-22(23)15-7-8-15)14(2)33-26(35-24)32-13-17-18(27)5-4-6-19(17)28/h4-6,10,12,15-16H,3,7-9,11,13,29H2,1-2H3,(H2,31,32,33,35). The minimum absolute atomic E-state index is 0.0578. The SMILES string of the molecule is CCC(N)CCNc1nc(NCc2c(F)cccc2F)nc(C)c1-c1nc2c(C3CC3)nccc2s1. The highest BCUT2D eigenvalue weighted by atomic mass is 32.1. The summed E-state index contributed by atoms with van der Waals surface area (Å²) in [6.07, 6.45) is 5.80. The average Bonchev–Trinajstić information content (AvgIpc) is 3.61. The van der Waals surface area contributed by atoms with Gasteiger partial charge in [0.05, 0.1) is 21.7 Å². The third-order valence-corrected chi connectivity index (χ3v) is 7.46. The Morgan fingerprint density at radius 3 is 2.61 bits per heavy atom. The lowest BCUT2D eigenvalue weighted by atomic mass is 10.1. The number of nitrogens with two attached hydrogens (primary N) is 1. The molecule has 3 aromatic heterocycles. The molecular formula is C26H29F2N7S. The fourth-order valence-electron chi connectivity index (χ4n) is 4.12. The fraction of sp³-hybridized carbons (Fsp3) is 0.385. The van der Waals surface area contributed by atoms with Gasteiger partial charge >= 0.3 is 0 Å². The van der Waals surface area contributed by atoms with Gasteiger partial charge < -0.3 is 16.4 Å². The normalized spacial score (nSPS) is 14.2. The van der Waals surface area contributed by atoms with E-state index in [0.29, 0.717) is 24.0 Å². The molecule has 188 valence electrons. The van der Waals surface area contributed by atoms with Gasteiger partial charge in [-0.25, -0.2) is 18.7 Å². The summed E-state index contributed by atoms with van der Waals surface area (Å²) in [6.45, 7) is 4.50. The molecule has 7 nitrogen and oxygen atoms in total. The lowest BCUT2D eigenvalue weighted by Gasteiger charge is -2.16. The van der Waals surface area contributed by atoms with Gasteiger partial charge in [0.1, 0.15) is 28.0 Å². The molecule has 4 N–H and O–H groups in total. The van der Waals surface area contributed by atoms with Crippen molar-refractivity contribution in [2.75, 3.05) is 17.2 Å². The van der Waals surface area contributed by atoms with E-state index in [-0.39, 0.29) is 24.1 Å². The molecule has 4 aromatic rings. The minimum atomic E-state index is -0.614. The van der Waals surface area contributed by atoms with Crippen molar-refractivity contribution in [3.63, 3.8) is 0 Å². The molecule has 0 radical (unpaired) electrons. The highest BCUT2D eigenvalue weighted by Crippen LogP contribution is 2.44. The smallest absolute Gasteiger partial charge is 0.225 e. The van der Waals surface area contributed by atoms with Gasteiger partial charge in [-0.1, -0.05) is 13.0 Å². The molecule has 0 aliphatic heterocycles. The maximum atomic E-state index is 14.1. The van der Waals surface area contributed by atoms with Gasteiger partial charge in [-0.2, -0.15) is 4.98 Å². The minimum Gasteiger partial charge on any atom is -0.369 e. The van der Waals surface area contributed by atoms with E-state index >= 15 is 0 Å². The Hall–Kier alpha value is -3.24. The number of hydrogen-bond donors (Lipinski definition) is 3. The van der Waals surface area contributed by atoms with E-state index < -0.39 is 11.6 Å². The highest BCUT2D eigenvalue weighted by Gasteiger charge is 2.29. The first kappa shape index (κ1) is 24.5. The van der Waals surface area contributed by atoms with Gasteiger partial charge in [-0.15, -0.1) is 11.3 Å². The number of benzene rings is 1. The number of halogens is 2. The first-order chi connectivity index (χ1) is 17.4. The summed E-state index contributed by atoms with van der Waals surface area (Å²) in [4.78, 5) is 18.8. The number of hydrogen-bond acceptors (Lipinski definition) is 8. The Bertz CT molecular complexity index is 1370. The summed E-state index contributed by atoms with van der Waals surface area (Å²) < 4.78 is 29.3. The summed E-state index contributed by atoms with van der Waals surface area (Å²) in [5, 5.41) is 7.19. The highest BCUT2D eigenvalue weighted by molar-refractivity contribution is 7.21. The van der Waals surface area contributed by atoms with Crippen LogP contribution in [-0.2, 0) is 6.54 Å². The van der Waals surface area contributed by atoms with Crippen molar-refractivity contribution >= 4 is 33.3 Å². The first-order valence-electron chi connectivity index (χ1n) is 12.2. The van der Waals surface area contributed by atoms with Crippen molar-refractivity contribution in [3.05, 3.63) is 59.0 Å². The predicted octanol–water partition coefficient (Wildman–Crippen LogP) is 5.76. The molecule has 1 aliphatic rings. The fourth-order valence-corrected chi connectivity index (χ4v) is 5.19. The van der Waals surface area contributed by atoms with Crippen LogP contribution in [0, 0.1) is 18.6 Å². The molecule has 1 saturated carbocycles. The van der Waals surface area contributed by atoms with Gasteiger partial charge in [0.25, 0.3) is 0 Å². The van der Waals surface area contributed by atoms with E-state index in [1.165, 1.54) is 18.2 Å². The quantitative estimate of drug-likeness (QED) is 0.250. The third kappa shape index (κ3) is 5.15. The Kier molecular flexibility index (Phi) is 7.06. The molecule has 3 heterocycles.